The molecule has 0 N–H and O–H groups in total. The zero-order valence-electron chi connectivity index (χ0n) is 15.0. The first-order valence-corrected chi connectivity index (χ1v) is 9.96. The number of hydrogen-bond donors (Lipinski definition) is 0. The Hall–Kier alpha value is -2.42. The van der Waals surface area contributed by atoms with Crippen LogP contribution < -0.4 is 4.90 Å². The zero-order chi connectivity index (χ0) is 17.9. The zero-order valence-corrected chi connectivity index (χ0v) is 15.8. The molecule has 0 aromatic carbocycles. The van der Waals surface area contributed by atoms with Crippen molar-refractivity contribution in [2.45, 2.75) is 24.4 Å². The Morgan fingerprint density at radius 3 is 2.46 bits per heavy atom. The third-order valence-corrected chi connectivity index (χ3v) is 5.64. The number of rotatable bonds is 5. The minimum Gasteiger partial charge on any atom is -0.355 e. The van der Waals surface area contributed by atoms with Gasteiger partial charge in [0.1, 0.15) is 12.2 Å². The summed E-state index contributed by atoms with van der Waals surface area (Å²) in [5.74, 6) is 3.45. The molecule has 0 aliphatic carbocycles. The van der Waals surface area contributed by atoms with Crippen molar-refractivity contribution in [2.24, 2.45) is 13.0 Å². The van der Waals surface area contributed by atoms with Crippen molar-refractivity contribution < 1.29 is 0 Å². The molecule has 4 rings (SSSR count). The largest absolute Gasteiger partial charge is 0.355 e. The van der Waals surface area contributed by atoms with Gasteiger partial charge in [0, 0.05) is 39.0 Å². The molecule has 136 valence electrons. The van der Waals surface area contributed by atoms with Crippen molar-refractivity contribution in [1.29, 1.82) is 0 Å². The first-order chi connectivity index (χ1) is 12.7. The summed E-state index contributed by atoms with van der Waals surface area (Å²) in [5, 5.41) is 18.3. The molecule has 1 aliphatic rings. The molecular formula is C17H22N8S. The lowest BCUT2D eigenvalue weighted by molar-refractivity contribution is 0.390. The van der Waals surface area contributed by atoms with Gasteiger partial charge in [0.05, 0.1) is 0 Å². The molecule has 9 heteroatoms. The van der Waals surface area contributed by atoms with Crippen molar-refractivity contribution in [3.8, 4) is 5.82 Å². The van der Waals surface area contributed by atoms with Crippen LogP contribution in [0.4, 0.5) is 5.82 Å². The molecule has 0 amide bonds. The summed E-state index contributed by atoms with van der Waals surface area (Å²) in [7, 11) is 2.05. The second-order valence-corrected chi connectivity index (χ2v) is 7.29. The van der Waals surface area contributed by atoms with Gasteiger partial charge in [-0.25, -0.2) is 4.98 Å². The third-order valence-electron chi connectivity index (χ3n) is 4.92. The molecular weight excluding hydrogens is 348 g/mol. The summed E-state index contributed by atoms with van der Waals surface area (Å²) in [6.45, 7) is 1.99. The maximum Gasteiger partial charge on any atom is 0.190 e. The Kier molecular flexibility index (Phi) is 4.87. The standard InChI is InChI=1S/C17H22N8S/c1-23-16(21-22-17(23)26-2)11-13-5-8-24(9-6-13)14-3-4-15(20-19-14)25-10-7-18-12-25/h3-4,7,10,12-13H,5-6,8-9,11H2,1-2H3. The molecule has 0 spiro atoms. The second-order valence-electron chi connectivity index (χ2n) is 6.52. The Morgan fingerprint density at radius 1 is 1.08 bits per heavy atom. The van der Waals surface area contributed by atoms with Gasteiger partial charge in [-0.2, -0.15) is 0 Å². The molecule has 0 atom stereocenters. The van der Waals surface area contributed by atoms with E-state index >= 15 is 0 Å². The Balaban J connectivity index is 1.35. The number of imidazole rings is 1. The van der Waals surface area contributed by atoms with Crippen molar-refractivity contribution in [3.05, 3.63) is 36.7 Å². The Morgan fingerprint density at radius 2 is 1.85 bits per heavy atom. The van der Waals surface area contributed by atoms with Crippen LogP contribution in [-0.2, 0) is 13.5 Å². The van der Waals surface area contributed by atoms with Crippen LogP contribution in [-0.4, -0.2) is 53.9 Å². The van der Waals surface area contributed by atoms with Gasteiger partial charge in [-0.3, -0.25) is 4.57 Å². The van der Waals surface area contributed by atoms with E-state index in [9.17, 15) is 0 Å². The van der Waals surface area contributed by atoms with E-state index in [0.29, 0.717) is 5.92 Å². The van der Waals surface area contributed by atoms with E-state index in [1.165, 1.54) is 0 Å². The van der Waals surface area contributed by atoms with E-state index in [0.717, 1.165) is 55.0 Å². The van der Waals surface area contributed by atoms with Crippen LogP contribution in [0, 0.1) is 5.92 Å². The average molecular weight is 370 g/mol. The van der Waals surface area contributed by atoms with Crippen LogP contribution in [0.2, 0.25) is 0 Å². The highest BCUT2D eigenvalue weighted by Gasteiger charge is 2.22. The molecule has 0 bridgehead atoms. The lowest BCUT2D eigenvalue weighted by Crippen LogP contribution is -2.35. The average Bonchev–Trinajstić information content (AvgIpc) is 3.33. The highest BCUT2D eigenvalue weighted by atomic mass is 32.2. The van der Waals surface area contributed by atoms with E-state index < -0.39 is 0 Å². The van der Waals surface area contributed by atoms with Gasteiger partial charge < -0.3 is 9.47 Å². The molecule has 1 fully saturated rings. The van der Waals surface area contributed by atoms with Crippen LogP contribution in [0.3, 0.4) is 0 Å². The van der Waals surface area contributed by atoms with Crippen molar-refractivity contribution in [3.63, 3.8) is 0 Å². The van der Waals surface area contributed by atoms with Gasteiger partial charge in [0.2, 0.25) is 0 Å². The Bertz CT molecular complexity index is 834. The first-order valence-electron chi connectivity index (χ1n) is 8.74. The van der Waals surface area contributed by atoms with Crippen molar-refractivity contribution >= 4 is 17.6 Å². The monoisotopic (exact) mass is 370 g/mol. The van der Waals surface area contributed by atoms with E-state index in [1.54, 1.807) is 24.3 Å². The lowest BCUT2D eigenvalue weighted by Gasteiger charge is -2.32. The van der Waals surface area contributed by atoms with E-state index in [4.69, 9.17) is 0 Å². The van der Waals surface area contributed by atoms with Crippen molar-refractivity contribution in [1.82, 2.24) is 34.5 Å². The van der Waals surface area contributed by atoms with Gasteiger partial charge in [0.15, 0.2) is 16.8 Å². The third kappa shape index (κ3) is 3.44. The number of hydrogen-bond acceptors (Lipinski definition) is 7. The van der Waals surface area contributed by atoms with E-state index in [-0.39, 0.29) is 0 Å². The summed E-state index contributed by atoms with van der Waals surface area (Å²) in [5.41, 5.74) is 0. The number of nitrogens with zero attached hydrogens (tertiary/aromatic N) is 8. The number of aromatic nitrogens is 7. The predicted molar refractivity (Wildman–Crippen MR) is 101 cm³/mol. The number of anilines is 1. The molecule has 0 radical (unpaired) electrons. The summed E-state index contributed by atoms with van der Waals surface area (Å²) in [6, 6.07) is 4.02. The first kappa shape index (κ1) is 17.0. The quantitative estimate of drug-likeness (QED) is 0.636. The minimum absolute atomic E-state index is 0.641. The van der Waals surface area contributed by atoms with Crippen LogP contribution >= 0.6 is 11.8 Å². The van der Waals surface area contributed by atoms with Gasteiger partial charge >= 0.3 is 0 Å². The highest BCUT2D eigenvalue weighted by molar-refractivity contribution is 7.98. The lowest BCUT2D eigenvalue weighted by atomic mass is 9.93. The summed E-state index contributed by atoms with van der Waals surface area (Å²) < 4.78 is 3.96. The molecule has 3 aromatic heterocycles. The fourth-order valence-corrected chi connectivity index (χ4v) is 3.85. The topological polar surface area (TPSA) is 77.6 Å². The summed E-state index contributed by atoms with van der Waals surface area (Å²) in [4.78, 5) is 6.35. The van der Waals surface area contributed by atoms with Crippen LogP contribution in [0.5, 0.6) is 0 Å². The molecule has 1 aliphatic heterocycles. The molecule has 1 saturated heterocycles. The fourth-order valence-electron chi connectivity index (χ4n) is 3.34. The maximum absolute atomic E-state index is 4.39. The predicted octanol–water partition coefficient (Wildman–Crippen LogP) is 1.97. The molecule has 26 heavy (non-hydrogen) atoms. The van der Waals surface area contributed by atoms with Gasteiger partial charge in [-0.05, 0) is 37.1 Å². The number of thioether (sulfide) groups is 1. The van der Waals surface area contributed by atoms with Gasteiger partial charge in [-0.15, -0.1) is 20.4 Å². The SMILES string of the molecule is CSc1nnc(CC2CCN(c3ccc(-n4ccnc4)nn3)CC2)n1C. The summed E-state index contributed by atoms with van der Waals surface area (Å²) >= 11 is 1.64. The smallest absolute Gasteiger partial charge is 0.190 e. The van der Waals surface area contributed by atoms with Gasteiger partial charge in [-0.1, -0.05) is 11.8 Å². The van der Waals surface area contributed by atoms with Gasteiger partial charge in [0.25, 0.3) is 0 Å². The normalized spacial score (nSPS) is 15.5. The summed E-state index contributed by atoms with van der Waals surface area (Å²) in [6.07, 6.45) is 10.6. The highest BCUT2D eigenvalue weighted by Crippen LogP contribution is 2.25. The Labute approximate surface area is 156 Å². The van der Waals surface area contributed by atoms with Crippen LogP contribution in [0.1, 0.15) is 18.7 Å². The van der Waals surface area contributed by atoms with E-state index in [2.05, 4.69) is 34.8 Å². The minimum atomic E-state index is 0.641. The second kappa shape index (κ2) is 7.45. The van der Waals surface area contributed by atoms with E-state index in [1.807, 2.05) is 36.2 Å². The maximum atomic E-state index is 4.39. The molecule has 0 saturated carbocycles. The molecule has 0 unspecified atom stereocenters. The van der Waals surface area contributed by atoms with Crippen molar-refractivity contribution in [2.75, 3.05) is 24.2 Å². The van der Waals surface area contributed by atoms with Crippen LogP contribution in [0.15, 0.2) is 36.0 Å². The molecule has 4 heterocycles. The molecule has 3 aromatic rings. The van der Waals surface area contributed by atoms with Crippen LogP contribution in [0.25, 0.3) is 5.82 Å². The number of piperidine rings is 1. The molecule has 8 nitrogen and oxygen atoms in total. The fraction of sp³-hybridized carbons (Fsp3) is 0.471.